The fraction of sp³-hybridized carbons (Fsp3) is 0.480. The zero-order chi connectivity index (χ0) is 24.5. The largest absolute Gasteiger partial charge is 0.369 e. The van der Waals surface area contributed by atoms with Crippen LogP contribution in [-0.2, 0) is 15.7 Å². The molecular formula is C25H34N6O2S. The first-order chi connectivity index (χ1) is 16.2. The molecule has 2 aromatic carbocycles. The minimum absolute atomic E-state index is 0.0658. The highest BCUT2D eigenvalue weighted by Crippen LogP contribution is 2.30. The molecule has 1 fully saturated rings. The topological polar surface area (TPSA) is 84.2 Å². The number of aromatic nitrogens is 4. The first-order valence-corrected chi connectivity index (χ1v) is 13.4. The van der Waals surface area contributed by atoms with Gasteiger partial charge in [0.05, 0.1) is 10.9 Å². The maximum atomic E-state index is 13.1. The van der Waals surface area contributed by atoms with Crippen molar-refractivity contribution in [1.82, 2.24) is 25.1 Å². The van der Waals surface area contributed by atoms with Crippen molar-refractivity contribution >= 4 is 15.5 Å². The summed E-state index contributed by atoms with van der Waals surface area (Å²) in [5, 5.41) is 12.2. The van der Waals surface area contributed by atoms with Crippen LogP contribution in [0.3, 0.4) is 0 Å². The van der Waals surface area contributed by atoms with Gasteiger partial charge < -0.3 is 4.90 Å². The molecule has 9 heteroatoms. The number of rotatable bonds is 7. The Bertz CT molecular complexity index is 1230. The molecule has 3 aromatic rings. The summed E-state index contributed by atoms with van der Waals surface area (Å²) in [7, 11) is -3.57. The Hall–Kier alpha value is -2.78. The van der Waals surface area contributed by atoms with Gasteiger partial charge in [-0.2, -0.15) is 0 Å². The monoisotopic (exact) mass is 482 g/mol. The lowest BCUT2D eigenvalue weighted by atomic mass is 10.0. The van der Waals surface area contributed by atoms with Crippen molar-refractivity contribution in [2.45, 2.75) is 51.4 Å². The van der Waals surface area contributed by atoms with Crippen LogP contribution in [0, 0.1) is 26.7 Å². The maximum Gasteiger partial charge on any atom is 0.198 e. The Morgan fingerprint density at radius 1 is 0.912 bits per heavy atom. The highest BCUT2D eigenvalue weighted by atomic mass is 32.2. The van der Waals surface area contributed by atoms with Gasteiger partial charge in [-0.3, -0.25) is 4.90 Å². The molecule has 1 saturated heterocycles. The average molecular weight is 483 g/mol. The van der Waals surface area contributed by atoms with E-state index < -0.39 is 9.84 Å². The smallest absolute Gasteiger partial charge is 0.198 e. The number of sulfone groups is 1. The van der Waals surface area contributed by atoms with Gasteiger partial charge in [0.25, 0.3) is 0 Å². The van der Waals surface area contributed by atoms with Crippen LogP contribution in [0.2, 0.25) is 0 Å². The second-order valence-electron chi connectivity index (χ2n) is 9.60. The number of piperazine rings is 1. The van der Waals surface area contributed by atoms with Crippen molar-refractivity contribution in [3.05, 3.63) is 65.0 Å². The quantitative estimate of drug-likeness (QED) is 0.509. The molecule has 0 saturated carbocycles. The molecule has 0 radical (unpaired) electrons. The molecule has 1 aromatic heterocycles. The van der Waals surface area contributed by atoms with E-state index in [-0.39, 0.29) is 22.7 Å². The Balaban J connectivity index is 1.53. The molecule has 2 heterocycles. The summed E-state index contributed by atoms with van der Waals surface area (Å²) in [6, 6.07) is 13.4. The van der Waals surface area contributed by atoms with Crippen molar-refractivity contribution in [2.75, 3.05) is 31.1 Å². The zero-order valence-corrected chi connectivity index (χ0v) is 21.5. The lowest BCUT2D eigenvalue weighted by molar-refractivity contribution is 0.135. The predicted molar refractivity (Wildman–Crippen MR) is 133 cm³/mol. The van der Waals surface area contributed by atoms with Crippen LogP contribution in [0.4, 0.5) is 5.69 Å². The van der Waals surface area contributed by atoms with Crippen molar-refractivity contribution < 1.29 is 8.42 Å². The summed E-state index contributed by atoms with van der Waals surface area (Å²) in [5.41, 5.74) is 4.85. The lowest BCUT2D eigenvalue weighted by Gasteiger charge is -2.41. The number of hydrogen-bond acceptors (Lipinski definition) is 7. The van der Waals surface area contributed by atoms with Gasteiger partial charge in [0.15, 0.2) is 21.5 Å². The van der Waals surface area contributed by atoms with Crippen LogP contribution in [0.25, 0.3) is 0 Å². The van der Waals surface area contributed by atoms with Gasteiger partial charge >= 0.3 is 0 Å². The SMILES string of the molecule is Cc1ccc(S(=O)(=O)Cn2nnnc2[C@@H](C(C)C)N2CCN(c3cc(C)ccc3C)CC2)cc1. The number of nitrogens with zero attached hydrogens (tertiary/aromatic N) is 6. The molecule has 0 spiro atoms. The fourth-order valence-electron chi connectivity index (χ4n) is 4.68. The van der Waals surface area contributed by atoms with E-state index in [9.17, 15) is 8.42 Å². The summed E-state index contributed by atoms with van der Waals surface area (Å²) in [6.45, 7) is 14.0. The predicted octanol–water partition coefficient (Wildman–Crippen LogP) is 3.55. The van der Waals surface area contributed by atoms with Gasteiger partial charge in [-0.15, -0.1) is 5.10 Å². The number of hydrogen-bond donors (Lipinski definition) is 0. The van der Waals surface area contributed by atoms with E-state index in [1.807, 2.05) is 6.92 Å². The lowest BCUT2D eigenvalue weighted by Crippen LogP contribution is -2.49. The minimum Gasteiger partial charge on any atom is -0.369 e. The Morgan fingerprint density at radius 2 is 1.56 bits per heavy atom. The molecule has 8 nitrogen and oxygen atoms in total. The number of tetrazole rings is 1. The minimum atomic E-state index is -3.57. The van der Waals surface area contributed by atoms with E-state index in [0.717, 1.165) is 31.7 Å². The van der Waals surface area contributed by atoms with Crippen LogP contribution in [0.5, 0.6) is 0 Å². The van der Waals surface area contributed by atoms with Crippen molar-refractivity contribution in [3.8, 4) is 0 Å². The second kappa shape index (κ2) is 9.84. The highest BCUT2D eigenvalue weighted by Gasteiger charge is 2.33. The van der Waals surface area contributed by atoms with E-state index in [1.54, 1.807) is 24.3 Å². The molecule has 34 heavy (non-hydrogen) atoms. The van der Waals surface area contributed by atoms with Crippen LogP contribution in [-0.4, -0.2) is 59.7 Å². The standard InChI is InChI=1S/C25H34N6O2S/c1-18(2)24(30-14-12-29(13-15-30)23-16-20(4)6-9-21(23)5)25-26-27-28-31(25)17-34(32,33)22-10-7-19(3)8-11-22/h6-11,16,18,24H,12-15,17H2,1-5H3/t24-/m1/s1. The molecule has 1 aliphatic heterocycles. The maximum absolute atomic E-state index is 13.1. The van der Waals surface area contributed by atoms with Crippen LogP contribution < -0.4 is 4.90 Å². The molecule has 4 rings (SSSR count). The molecule has 0 unspecified atom stereocenters. The fourth-order valence-corrected chi connectivity index (χ4v) is 5.89. The molecule has 0 amide bonds. The van der Waals surface area contributed by atoms with E-state index in [2.05, 4.69) is 71.2 Å². The summed E-state index contributed by atoms with van der Waals surface area (Å²) in [5.74, 6) is 0.550. The molecule has 0 N–H and O–H groups in total. The van der Waals surface area contributed by atoms with E-state index in [0.29, 0.717) is 5.82 Å². The van der Waals surface area contributed by atoms with Gasteiger partial charge in [0.2, 0.25) is 0 Å². The molecule has 1 atom stereocenters. The van der Waals surface area contributed by atoms with Gasteiger partial charge in [0, 0.05) is 31.9 Å². The normalized spacial score (nSPS) is 16.2. The van der Waals surface area contributed by atoms with E-state index in [1.165, 1.54) is 21.5 Å². The summed E-state index contributed by atoms with van der Waals surface area (Å²) in [6.07, 6.45) is 0. The third-order valence-electron chi connectivity index (χ3n) is 6.54. The Kier molecular flexibility index (Phi) is 7.04. The Morgan fingerprint density at radius 3 is 2.21 bits per heavy atom. The molecule has 1 aliphatic rings. The van der Waals surface area contributed by atoms with Crippen molar-refractivity contribution in [1.29, 1.82) is 0 Å². The summed E-state index contributed by atoms with van der Waals surface area (Å²) >= 11 is 0. The first-order valence-electron chi connectivity index (χ1n) is 11.8. The first kappa shape index (κ1) is 24.3. The summed E-state index contributed by atoms with van der Waals surface area (Å²) in [4.78, 5) is 5.09. The second-order valence-corrected chi connectivity index (χ2v) is 11.6. The van der Waals surface area contributed by atoms with E-state index >= 15 is 0 Å². The van der Waals surface area contributed by atoms with Gasteiger partial charge in [-0.05, 0) is 66.4 Å². The average Bonchev–Trinajstić information content (AvgIpc) is 3.23. The molecule has 0 aliphatic carbocycles. The third-order valence-corrected chi connectivity index (χ3v) is 8.12. The van der Waals surface area contributed by atoms with Gasteiger partial charge in [-0.25, -0.2) is 13.1 Å². The van der Waals surface area contributed by atoms with E-state index in [4.69, 9.17) is 0 Å². The molecular weight excluding hydrogens is 448 g/mol. The van der Waals surface area contributed by atoms with Gasteiger partial charge in [-0.1, -0.05) is 43.7 Å². The summed E-state index contributed by atoms with van der Waals surface area (Å²) < 4.78 is 27.6. The highest BCUT2D eigenvalue weighted by molar-refractivity contribution is 7.90. The Labute approximate surface area is 202 Å². The van der Waals surface area contributed by atoms with Crippen LogP contribution >= 0.6 is 0 Å². The van der Waals surface area contributed by atoms with Crippen LogP contribution in [0.15, 0.2) is 47.4 Å². The third kappa shape index (κ3) is 5.15. The molecule has 182 valence electrons. The van der Waals surface area contributed by atoms with Gasteiger partial charge in [0.1, 0.15) is 0 Å². The number of benzene rings is 2. The number of anilines is 1. The van der Waals surface area contributed by atoms with Crippen LogP contribution in [0.1, 0.15) is 42.4 Å². The van der Waals surface area contributed by atoms with Crippen molar-refractivity contribution in [2.24, 2.45) is 5.92 Å². The molecule has 0 bridgehead atoms. The van der Waals surface area contributed by atoms with Crippen molar-refractivity contribution in [3.63, 3.8) is 0 Å². The zero-order valence-electron chi connectivity index (χ0n) is 20.6. The number of aryl methyl sites for hydroxylation is 3.